The molecule has 0 heteroatoms. The molecule has 0 aliphatic heterocycles. The second kappa shape index (κ2) is 2.05. The van der Waals surface area contributed by atoms with Gasteiger partial charge in [0.15, 0.2) is 0 Å². The summed E-state index contributed by atoms with van der Waals surface area (Å²) in [5, 5.41) is 0. The van der Waals surface area contributed by atoms with Gasteiger partial charge in [-0.05, 0) is 124 Å². The lowest BCUT2D eigenvalue weighted by Gasteiger charge is -2.39. The standard InChI is InChI=1S/C22H24/c1-2-22-19-13-7-4-3-5-9(7)15(19)17-11(5)12-6(3)10-8(4)14(13)20(22)16(10)18(12)21(17)22/h3-21H,2H2,1H3/t3?,4?,5?,6?,7-,8-,9-,10+,11+,12+,13-,14+,15-,16+,17-,18-,19?,20?,21?,22?/m0/s1. The minimum Gasteiger partial charge on any atom is -0.0648 e. The summed E-state index contributed by atoms with van der Waals surface area (Å²) in [5.41, 5.74) is 0.943. The smallest absolute Gasteiger partial charge is 0.0198 e. The molecule has 12 fully saturated rings. The highest BCUT2D eigenvalue weighted by Crippen LogP contribution is 3.04. The first kappa shape index (κ1) is 9.47. The molecule has 0 saturated heterocycles. The van der Waals surface area contributed by atoms with Crippen LogP contribution in [0.4, 0.5) is 0 Å². The van der Waals surface area contributed by atoms with E-state index in [1.54, 1.807) is 6.42 Å². The van der Waals surface area contributed by atoms with Gasteiger partial charge in [0.25, 0.3) is 0 Å². The Morgan fingerprint density at radius 3 is 0.864 bits per heavy atom. The van der Waals surface area contributed by atoms with Crippen LogP contribution in [0.3, 0.4) is 0 Å². The highest BCUT2D eigenvalue weighted by atomic mass is 15.1. The first-order valence-corrected chi connectivity index (χ1v) is 10.9. The average molecular weight is 288 g/mol. The maximum atomic E-state index is 2.66. The van der Waals surface area contributed by atoms with Crippen LogP contribution in [0.1, 0.15) is 13.3 Å². The summed E-state index contributed by atoms with van der Waals surface area (Å²) in [7, 11) is 0. The van der Waals surface area contributed by atoms with E-state index in [0.29, 0.717) is 0 Å². The number of rotatable bonds is 1. The molecule has 22 heavy (non-hydrogen) atoms. The first-order valence-electron chi connectivity index (χ1n) is 10.9. The van der Waals surface area contributed by atoms with Crippen LogP contribution < -0.4 is 0 Å². The van der Waals surface area contributed by atoms with Gasteiger partial charge in [0.05, 0.1) is 0 Å². The first-order chi connectivity index (χ1) is 10.9. The van der Waals surface area contributed by atoms with E-state index in [4.69, 9.17) is 0 Å². The molecule has 0 heterocycles. The molecule has 12 saturated carbocycles. The highest BCUT2D eigenvalue weighted by molar-refractivity contribution is 5.47. The predicted molar refractivity (Wildman–Crippen MR) is 79.0 cm³/mol. The normalized spacial score (nSPS) is 103. The third-order valence-electron chi connectivity index (χ3n) is 14.3. The van der Waals surface area contributed by atoms with Crippen molar-refractivity contribution >= 4 is 0 Å². The Bertz CT molecular complexity index is 620. The van der Waals surface area contributed by atoms with Crippen LogP contribution in [0.2, 0.25) is 0 Å². The van der Waals surface area contributed by atoms with Crippen LogP contribution in [0.5, 0.6) is 0 Å². The summed E-state index contributed by atoms with van der Waals surface area (Å²) < 4.78 is 0. The van der Waals surface area contributed by atoms with E-state index in [1.807, 2.05) is 0 Å². The minimum atomic E-state index is 0.943. The fraction of sp³-hybridized carbons (Fsp3) is 1.00. The Labute approximate surface area is 131 Å². The van der Waals surface area contributed by atoms with E-state index in [0.717, 1.165) is 5.41 Å². The van der Waals surface area contributed by atoms with Crippen LogP contribution in [0, 0.1) is 118 Å². The van der Waals surface area contributed by atoms with Gasteiger partial charge in [-0.2, -0.15) is 0 Å². The molecular weight excluding hydrogens is 264 g/mol. The van der Waals surface area contributed by atoms with E-state index < -0.39 is 0 Å². The molecule has 0 amide bonds. The molecule has 20 atom stereocenters. The molecule has 0 aromatic rings. The Balaban J connectivity index is 1.46. The van der Waals surface area contributed by atoms with Crippen molar-refractivity contribution in [1.82, 2.24) is 0 Å². The molecule has 12 aliphatic rings. The highest BCUT2D eigenvalue weighted by Gasteiger charge is 3.01. The van der Waals surface area contributed by atoms with Crippen LogP contribution in [-0.4, -0.2) is 0 Å². The molecule has 12 aliphatic carbocycles. The Hall–Kier alpha value is 0. The van der Waals surface area contributed by atoms with Crippen LogP contribution in [0.25, 0.3) is 0 Å². The van der Waals surface area contributed by atoms with Crippen molar-refractivity contribution in [3.05, 3.63) is 0 Å². The molecule has 0 nitrogen and oxygen atoms in total. The molecule has 0 aromatic carbocycles. The summed E-state index contributed by atoms with van der Waals surface area (Å²) in [6.07, 6.45) is 1.61. The summed E-state index contributed by atoms with van der Waals surface area (Å²) in [6.45, 7) is 2.66. The van der Waals surface area contributed by atoms with Gasteiger partial charge in [-0.25, -0.2) is 0 Å². The van der Waals surface area contributed by atoms with Gasteiger partial charge in [0.2, 0.25) is 0 Å². The summed E-state index contributed by atoms with van der Waals surface area (Å²) >= 11 is 0. The van der Waals surface area contributed by atoms with Gasteiger partial charge in [0.1, 0.15) is 0 Å². The van der Waals surface area contributed by atoms with E-state index in [1.165, 1.54) is 112 Å². The molecule has 0 radical (unpaired) electrons. The molecule has 0 aromatic heterocycles. The van der Waals surface area contributed by atoms with Gasteiger partial charge in [-0.3, -0.25) is 0 Å². The monoisotopic (exact) mass is 288 g/mol. The van der Waals surface area contributed by atoms with E-state index in [2.05, 4.69) is 6.92 Å². The second-order valence-corrected chi connectivity index (χ2v) is 12.3. The fourth-order valence-corrected chi connectivity index (χ4v) is 16.4. The topological polar surface area (TPSA) is 0 Å². The maximum absolute atomic E-state index is 2.66. The molecule has 8 unspecified atom stereocenters. The molecule has 112 valence electrons. The van der Waals surface area contributed by atoms with E-state index >= 15 is 0 Å². The van der Waals surface area contributed by atoms with Gasteiger partial charge in [-0.15, -0.1) is 0 Å². The lowest BCUT2D eigenvalue weighted by molar-refractivity contribution is 0.0784. The largest absolute Gasteiger partial charge is 0.0648 e. The second-order valence-electron chi connectivity index (χ2n) is 12.3. The van der Waals surface area contributed by atoms with Gasteiger partial charge in [0, 0.05) is 0 Å². The van der Waals surface area contributed by atoms with Gasteiger partial charge in [-0.1, -0.05) is 6.92 Å². The van der Waals surface area contributed by atoms with Crippen molar-refractivity contribution < 1.29 is 0 Å². The lowest BCUT2D eigenvalue weighted by atomic mass is 9.65. The summed E-state index contributed by atoms with van der Waals surface area (Å²) in [5.74, 6) is 24.9. The maximum Gasteiger partial charge on any atom is -0.0198 e. The van der Waals surface area contributed by atoms with Crippen LogP contribution >= 0.6 is 0 Å². The molecule has 0 spiro atoms. The zero-order chi connectivity index (χ0) is 13.2. The summed E-state index contributed by atoms with van der Waals surface area (Å²) in [4.78, 5) is 0. The van der Waals surface area contributed by atoms with Crippen molar-refractivity contribution in [3.63, 3.8) is 0 Å². The van der Waals surface area contributed by atoms with Gasteiger partial charge < -0.3 is 0 Å². The molecular formula is C22H24. The lowest BCUT2D eigenvalue weighted by Crippen LogP contribution is -2.35. The van der Waals surface area contributed by atoms with E-state index in [9.17, 15) is 0 Å². The van der Waals surface area contributed by atoms with Gasteiger partial charge >= 0.3 is 0 Å². The number of hydrogen-bond donors (Lipinski definition) is 0. The quantitative estimate of drug-likeness (QED) is 0.695. The molecule has 12 rings (SSSR count). The Morgan fingerprint density at radius 2 is 0.636 bits per heavy atom. The zero-order valence-electron chi connectivity index (χ0n) is 13.2. The third-order valence-corrected chi connectivity index (χ3v) is 14.3. The average Bonchev–Trinajstić information content (AvgIpc) is 3.18. The molecule has 0 bridgehead atoms. The van der Waals surface area contributed by atoms with Crippen molar-refractivity contribution in [1.29, 1.82) is 0 Å². The predicted octanol–water partition coefficient (Wildman–Crippen LogP) is 3.24. The molecule has 0 N–H and O–H groups in total. The number of hydrogen-bond acceptors (Lipinski definition) is 0. The van der Waals surface area contributed by atoms with Crippen LogP contribution in [0.15, 0.2) is 0 Å². The fourth-order valence-electron chi connectivity index (χ4n) is 16.4. The SMILES string of the molecule is CCC12C3[C@@H]4[C@@H]5C6C7C8[C@@H]5[C@@H]3[C@H]3C1[C@H]1[C@@H](C7[C@@H]5[C@@H]6[C@@H]4C2[C@@H]51)[C@H]83. The Kier molecular flexibility index (Phi) is 0.883. The van der Waals surface area contributed by atoms with Crippen molar-refractivity contribution in [2.45, 2.75) is 13.3 Å². The van der Waals surface area contributed by atoms with Crippen molar-refractivity contribution in [2.24, 2.45) is 118 Å². The van der Waals surface area contributed by atoms with Crippen molar-refractivity contribution in [3.8, 4) is 0 Å². The van der Waals surface area contributed by atoms with E-state index in [-0.39, 0.29) is 0 Å². The zero-order valence-corrected chi connectivity index (χ0v) is 13.2. The third kappa shape index (κ3) is 0.434. The van der Waals surface area contributed by atoms with Crippen molar-refractivity contribution in [2.75, 3.05) is 0 Å². The van der Waals surface area contributed by atoms with Crippen LogP contribution in [-0.2, 0) is 0 Å². The minimum absolute atomic E-state index is 0.943. The Morgan fingerprint density at radius 1 is 0.409 bits per heavy atom. The summed E-state index contributed by atoms with van der Waals surface area (Å²) in [6, 6.07) is 0.